The number of ether oxygens (including phenoxy) is 2. The summed E-state index contributed by atoms with van der Waals surface area (Å²) in [5, 5.41) is 0. The Kier molecular flexibility index (Phi) is 4.71. The van der Waals surface area contributed by atoms with Gasteiger partial charge in [-0.2, -0.15) is 4.98 Å². The molecule has 0 N–H and O–H groups in total. The Morgan fingerprint density at radius 1 is 0.966 bits per heavy atom. The minimum absolute atomic E-state index is 0.362. The van der Waals surface area contributed by atoms with Crippen molar-refractivity contribution < 1.29 is 9.47 Å². The third-order valence-corrected chi connectivity index (χ3v) is 5.51. The summed E-state index contributed by atoms with van der Waals surface area (Å²) < 4.78 is 13.6. The summed E-state index contributed by atoms with van der Waals surface area (Å²) in [6, 6.07) is 6.24. The topological polar surface area (TPSA) is 68.0 Å². The maximum absolute atomic E-state index is 6.08. The van der Waals surface area contributed by atoms with Crippen LogP contribution >= 0.6 is 0 Å². The van der Waals surface area contributed by atoms with E-state index >= 15 is 0 Å². The molecule has 0 spiro atoms. The molecule has 152 valence electrons. The van der Waals surface area contributed by atoms with Crippen LogP contribution in [0.4, 0.5) is 11.5 Å². The van der Waals surface area contributed by atoms with Crippen LogP contribution in [0.5, 0.6) is 5.88 Å². The van der Waals surface area contributed by atoms with Crippen LogP contribution in [-0.4, -0.2) is 58.7 Å². The van der Waals surface area contributed by atoms with Crippen molar-refractivity contribution in [2.45, 2.75) is 26.9 Å². The van der Waals surface area contributed by atoms with Crippen LogP contribution in [-0.2, 0) is 11.3 Å². The van der Waals surface area contributed by atoms with Crippen LogP contribution in [0.2, 0.25) is 0 Å². The van der Waals surface area contributed by atoms with Gasteiger partial charge < -0.3 is 19.3 Å². The highest BCUT2D eigenvalue weighted by molar-refractivity contribution is 5.59. The number of fused-ring (bicyclic) bond motifs is 1. The van der Waals surface area contributed by atoms with Crippen LogP contribution in [0.1, 0.15) is 23.5 Å². The molecule has 0 bridgehead atoms. The first-order valence-corrected chi connectivity index (χ1v) is 10.2. The second kappa shape index (κ2) is 7.51. The first kappa shape index (κ1) is 18.2. The molecule has 0 amide bonds. The van der Waals surface area contributed by atoms with Gasteiger partial charge in [-0.3, -0.25) is 4.40 Å². The van der Waals surface area contributed by atoms with Crippen molar-refractivity contribution >= 4 is 17.3 Å². The van der Waals surface area contributed by atoms with Gasteiger partial charge in [0.1, 0.15) is 12.4 Å². The number of rotatable bonds is 5. The molecule has 0 atom stereocenters. The van der Waals surface area contributed by atoms with E-state index in [0.29, 0.717) is 18.3 Å². The fourth-order valence-corrected chi connectivity index (χ4v) is 3.80. The summed E-state index contributed by atoms with van der Waals surface area (Å²) in [6.07, 6.45) is 3.20. The first-order valence-electron chi connectivity index (χ1n) is 10.2. The Bertz CT molecular complexity index is 1020. The Morgan fingerprint density at radius 3 is 2.55 bits per heavy atom. The molecule has 2 fully saturated rings. The molecule has 2 aliphatic rings. The highest BCUT2D eigenvalue weighted by Crippen LogP contribution is 2.29. The number of aryl methyl sites for hydroxylation is 2. The molecule has 3 aromatic heterocycles. The molecule has 3 aromatic rings. The van der Waals surface area contributed by atoms with Gasteiger partial charge in [0.15, 0.2) is 0 Å². The van der Waals surface area contributed by atoms with Crippen LogP contribution in [0, 0.1) is 13.8 Å². The SMILES string of the molecule is Cc1cc(C)n2cc(COc3cc(N4CCOCC4)cc(N4CCC4)n3)nc2n1. The van der Waals surface area contributed by atoms with E-state index in [4.69, 9.17) is 14.5 Å². The molecular weight excluding hydrogens is 368 g/mol. The first-order chi connectivity index (χ1) is 14.2. The predicted octanol–water partition coefficient (Wildman–Crippen LogP) is 2.37. The molecule has 0 aromatic carbocycles. The Morgan fingerprint density at radius 2 is 1.79 bits per heavy atom. The summed E-state index contributed by atoms with van der Waals surface area (Å²) >= 11 is 0. The Hall–Kier alpha value is -2.87. The number of imidazole rings is 1. The van der Waals surface area contributed by atoms with E-state index in [1.54, 1.807) is 0 Å². The zero-order chi connectivity index (χ0) is 19.8. The lowest BCUT2D eigenvalue weighted by molar-refractivity contribution is 0.122. The van der Waals surface area contributed by atoms with Gasteiger partial charge in [-0.15, -0.1) is 0 Å². The molecule has 0 saturated carbocycles. The van der Waals surface area contributed by atoms with E-state index in [1.165, 1.54) is 6.42 Å². The van der Waals surface area contributed by atoms with Gasteiger partial charge in [-0.05, 0) is 26.3 Å². The molecule has 8 nitrogen and oxygen atoms in total. The number of hydrogen-bond donors (Lipinski definition) is 0. The molecule has 0 radical (unpaired) electrons. The minimum atomic E-state index is 0.362. The molecule has 8 heteroatoms. The van der Waals surface area contributed by atoms with Crippen LogP contribution in [0.25, 0.3) is 5.78 Å². The highest BCUT2D eigenvalue weighted by atomic mass is 16.5. The lowest BCUT2D eigenvalue weighted by Crippen LogP contribution is -2.39. The van der Waals surface area contributed by atoms with E-state index in [9.17, 15) is 0 Å². The zero-order valence-electron chi connectivity index (χ0n) is 17.0. The number of pyridine rings is 1. The number of hydrogen-bond acceptors (Lipinski definition) is 7. The van der Waals surface area contributed by atoms with Crippen LogP contribution < -0.4 is 14.5 Å². The molecule has 2 saturated heterocycles. The van der Waals surface area contributed by atoms with Gasteiger partial charge in [0.2, 0.25) is 11.7 Å². The van der Waals surface area contributed by atoms with E-state index in [2.05, 4.69) is 32.8 Å². The minimum Gasteiger partial charge on any atom is -0.471 e. The van der Waals surface area contributed by atoms with Gasteiger partial charge in [-0.25, -0.2) is 9.97 Å². The highest BCUT2D eigenvalue weighted by Gasteiger charge is 2.20. The summed E-state index contributed by atoms with van der Waals surface area (Å²) in [6.45, 7) is 9.79. The average molecular weight is 394 g/mol. The predicted molar refractivity (Wildman–Crippen MR) is 111 cm³/mol. The van der Waals surface area contributed by atoms with Crippen molar-refractivity contribution in [2.75, 3.05) is 49.2 Å². The Balaban J connectivity index is 1.39. The Labute approximate surface area is 170 Å². The lowest BCUT2D eigenvalue weighted by atomic mass is 10.2. The third kappa shape index (κ3) is 3.72. The maximum atomic E-state index is 6.08. The van der Waals surface area contributed by atoms with Gasteiger partial charge in [0.05, 0.1) is 18.9 Å². The molecule has 29 heavy (non-hydrogen) atoms. The van der Waals surface area contributed by atoms with Crippen molar-refractivity contribution in [3.63, 3.8) is 0 Å². The summed E-state index contributed by atoms with van der Waals surface area (Å²) in [4.78, 5) is 18.5. The third-order valence-electron chi connectivity index (χ3n) is 5.51. The largest absolute Gasteiger partial charge is 0.471 e. The monoisotopic (exact) mass is 394 g/mol. The zero-order valence-corrected chi connectivity index (χ0v) is 17.0. The van der Waals surface area contributed by atoms with E-state index in [-0.39, 0.29) is 0 Å². The lowest BCUT2D eigenvalue weighted by Gasteiger charge is -2.34. The van der Waals surface area contributed by atoms with E-state index < -0.39 is 0 Å². The van der Waals surface area contributed by atoms with Gasteiger partial charge in [0.25, 0.3) is 0 Å². The number of morpholine rings is 1. The van der Waals surface area contributed by atoms with Crippen molar-refractivity contribution in [1.82, 2.24) is 19.4 Å². The van der Waals surface area contributed by atoms with Gasteiger partial charge in [-0.1, -0.05) is 0 Å². The molecule has 0 unspecified atom stereocenters. The molecular formula is C21H26N6O2. The van der Waals surface area contributed by atoms with E-state index in [0.717, 1.165) is 68.0 Å². The summed E-state index contributed by atoms with van der Waals surface area (Å²) in [5.74, 6) is 2.32. The molecule has 5 heterocycles. The fraction of sp³-hybridized carbons (Fsp3) is 0.476. The van der Waals surface area contributed by atoms with Gasteiger partial charge >= 0.3 is 0 Å². The van der Waals surface area contributed by atoms with E-state index in [1.807, 2.05) is 29.7 Å². The maximum Gasteiger partial charge on any atom is 0.234 e. The van der Waals surface area contributed by atoms with Crippen molar-refractivity contribution in [1.29, 1.82) is 0 Å². The number of nitrogens with zero attached hydrogens (tertiary/aromatic N) is 6. The number of anilines is 2. The van der Waals surface area contributed by atoms with Crippen molar-refractivity contribution in [3.05, 3.63) is 41.5 Å². The molecule has 5 rings (SSSR count). The van der Waals surface area contributed by atoms with Crippen molar-refractivity contribution in [2.24, 2.45) is 0 Å². The standard InChI is InChI=1S/C21H26N6O2/c1-15-10-16(2)27-13-17(23-21(27)22-15)14-29-20-12-18(25-6-8-28-9-7-25)11-19(24-20)26-4-3-5-26/h10-13H,3-9,14H2,1-2H3. The second-order valence-corrected chi connectivity index (χ2v) is 7.69. The number of aromatic nitrogens is 4. The summed E-state index contributed by atoms with van der Waals surface area (Å²) in [7, 11) is 0. The molecule has 0 aliphatic carbocycles. The fourth-order valence-electron chi connectivity index (χ4n) is 3.80. The normalized spacial score (nSPS) is 16.9. The quantitative estimate of drug-likeness (QED) is 0.658. The average Bonchev–Trinajstić information content (AvgIpc) is 3.09. The van der Waals surface area contributed by atoms with Crippen molar-refractivity contribution in [3.8, 4) is 5.88 Å². The van der Waals surface area contributed by atoms with Crippen LogP contribution in [0.15, 0.2) is 24.4 Å². The summed E-state index contributed by atoms with van der Waals surface area (Å²) in [5.41, 5.74) is 4.06. The smallest absolute Gasteiger partial charge is 0.234 e. The second-order valence-electron chi connectivity index (χ2n) is 7.69. The molecule has 2 aliphatic heterocycles. The van der Waals surface area contributed by atoms with Gasteiger partial charge in [0, 0.05) is 61.6 Å². The van der Waals surface area contributed by atoms with Crippen LogP contribution in [0.3, 0.4) is 0 Å².